The third-order valence-electron chi connectivity index (χ3n) is 2.35. The zero-order valence-corrected chi connectivity index (χ0v) is 9.20. The van der Waals surface area contributed by atoms with Crippen molar-refractivity contribution in [2.24, 2.45) is 5.92 Å². The van der Waals surface area contributed by atoms with Gasteiger partial charge in [0.2, 0.25) is 0 Å². The van der Waals surface area contributed by atoms with Gasteiger partial charge in [0.05, 0.1) is 5.52 Å². The van der Waals surface area contributed by atoms with Crippen LogP contribution in [-0.2, 0) is 0 Å². The summed E-state index contributed by atoms with van der Waals surface area (Å²) in [6.07, 6.45) is 1.83. The standard InChI is InChI=1S/C13H16N2/c1-10(2)9-15-13-7-3-6-12-11(13)5-4-8-14-12/h3-8,10,15H,9H2,1-2H3. The Hall–Kier alpha value is -1.57. The van der Waals surface area contributed by atoms with E-state index in [9.17, 15) is 0 Å². The zero-order chi connectivity index (χ0) is 10.7. The molecule has 0 amide bonds. The topological polar surface area (TPSA) is 24.9 Å². The molecule has 2 nitrogen and oxygen atoms in total. The van der Waals surface area contributed by atoms with E-state index in [0.717, 1.165) is 12.1 Å². The summed E-state index contributed by atoms with van der Waals surface area (Å²) in [7, 11) is 0. The number of benzene rings is 1. The maximum absolute atomic E-state index is 4.33. The second-order valence-electron chi connectivity index (χ2n) is 4.15. The Labute approximate surface area is 90.3 Å². The molecule has 0 saturated heterocycles. The lowest BCUT2D eigenvalue weighted by molar-refractivity contribution is 0.689. The lowest BCUT2D eigenvalue weighted by Gasteiger charge is -2.10. The van der Waals surface area contributed by atoms with Crippen molar-refractivity contribution in [3.05, 3.63) is 36.5 Å². The lowest BCUT2D eigenvalue weighted by Crippen LogP contribution is -2.08. The number of aromatic nitrogens is 1. The molecular formula is C13H16N2. The van der Waals surface area contributed by atoms with Crippen molar-refractivity contribution in [2.75, 3.05) is 11.9 Å². The molecule has 2 aromatic rings. The fourth-order valence-electron chi connectivity index (χ4n) is 1.57. The van der Waals surface area contributed by atoms with Gasteiger partial charge in [-0.1, -0.05) is 19.9 Å². The van der Waals surface area contributed by atoms with E-state index in [1.165, 1.54) is 11.1 Å². The number of hydrogen-bond acceptors (Lipinski definition) is 2. The summed E-state index contributed by atoms with van der Waals surface area (Å²) < 4.78 is 0. The van der Waals surface area contributed by atoms with E-state index in [2.05, 4.69) is 36.3 Å². The molecular weight excluding hydrogens is 184 g/mol. The number of anilines is 1. The summed E-state index contributed by atoms with van der Waals surface area (Å²) in [5.41, 5.74) is 2.22. The van der Waals surface area contributed by atoms with E-state index in [4.69, 9.17) is 0 Å². The van der Waals surface area contributed by atoms with Crippen molar-refractivity contribution in [2.45, 2.75) is 13.8 Å². The number of hydrogen-bond donors (Lipinski definition) is 1. The minimum atomic E-state index is 0.650. The van der Waals surface area contributed by atoms with Crippen LogP contribution in [0.25, 0.3) is 10.9 Å². The second-order valence-corrected chi connectivity index (χ2v) is 4.15. The number of fused-ring (bicyclic) bond motifs is 1. The average molecular weight is 200 g/mol. The van der Waals surface area contributed by atoms with Gasteiger partial charge in [-0.15, -0.1) is 0 Å². The fourth-order valence-corrected chi connectivity index (χ4v) is 1.57. The van der Waals surface area contributed by atoms with Gasteiger partial charge in [-0.2, -0.15) is 0 Å². The number of rotatable bonds is 3. The molecule has 1 N–H and O–H groups in total. The van der Waals surface area contributed by atoms with Crippen LogP contribution in [0.2, 0.25) is 0 Å². The average Bonchev–Trinajstić information content (AvgIpc) is 2.26. The van der Waals surface area contributed by atoms with Crippen molar-refractivity contribution < 1.29 is 0 Å². The molecule has 1 aromatic heterocycles. The van der Waals surface area contributed by atoms with Crippen molar-refractivity contribution >= 4 is 16.6 Å². The van der Waals surface area contributed by atoms with E-state index in [1.54, 1.807) is 0 Å². The molecule has 0 saturated carbocycles. The molecule has 1 heterocycles. The Morgan fingerprint density at radius 1 is 1.20 bits per heavy atom. The van der Waals surface area contributed by atoms with Gasteiger partial charge in [0, 0.05) is 23.8 Å². The Balaban J connectivity index is 2.34. The monoisotopic (exact) mass is 200 g/mol. The molecule has 2 heteroatoms. The van der Waals surface area contributed by atoms with Gasteiger partial charge in [0.1, 0.15) is 0 Å². The van der Waals surface area contributed by atoms with Crippen LogP contribution in [0.15, 0.2) is 36.5 Å². The van der Waals surface area contributed by atoms with Gasteiger partial charge >= 0.3 is 0 Å². The first-order chi connectivity index (χ1) is 7.27. The van der Waals surface area contributed by atoms with E-state index < -0.39 is 0 Å². The molecule has 0 aliphatic rings. The highest BCUT2D eigenvalue weighted by atomic mass is 14.9. The Morgan fingerprint density at radius 2 is 2.07 bits per heavy atom. The van der Waals surface area contributed by atoms with Crippen LogP contribution >= 0.6 is 0 Å². The van der Waals surface area contributed by atoms with Crippen molar-refractivity contribution in [3.8, 4) is 0 Å². The Bertz CT molecular complexity index is 444. The summed E-state index contributed by atoms with van der Waals surface area (Å²) in [6.45, 7) is 5.40. The second kappa shape index (κ2) is 4.30. The van der Waals surface area contributed by atoms with Gasteiger partial charge in [-0.05, 0) is 30.2 Å². The first kappa shape index (κ1) is 9.97. The summed E-state index contributed by atoms with van der Waals surface area (Å²) in [4.78, 5) is 4.33. The number of nitrogens with zero attached hydrogens (tertiary/aromatic N) is 1. The minimum absolute atomic E-state index is 0.650. The summed E-state index contributed by atoms with van der Waals surface area (Å²) in [5.74, 6) is 0.650. The Kier molecular flexibility index (Phi) is 2.86. The highest BCUT2D eigenvalue weighted by Crippen LogP contribution is 2.21. The minimum Gasteiger partial charge on any atom is -0.384 e. The van der Waals surface area contributed by atoms with Gasteiger partial charge in [0.25, 0.3) is 0 Å². The zero-order valence-electron chi connectivity index (χ0n) is 9.20. The molecule has 1 aromatic carbocycles. The van der Waals surface area contributed by atoms with Crippen LogP contribution in [0, 0.1) is 5.92 Å². The van der Waals surface area contributed by atoms with Crippen LogP contribution in [0.4, 0.5) is 5.69 Å². The first-order valence-electron chi connectivity index (χ1n) is 5.35. The molecule has 78 valence electrons. The third kappa shape index (κ3) is 2.27. The highest BCUT2D eigenvalue weighted by Gasteiger charge is 2.00. The molecule has 0 fully saturated rings. The smallest absolute Gasteiger partial charge is 0.0722 e. The fraction of sp³-hybridized carbons (Fsp3) is 0.308. The molecule has 0 radical (unpaired) electrons. The van der Waals surface area contributed by atoms with Crippen LogP contribution in [0.5, 0.6) is 0 Å². The number of pyridine rings is 1. The molecule has 15 heavy (non-hydrogen) atoms. The SMILES string of the molecule is CC(C)CNc1cccc2ncccc12. The Morgan fingerprint density at radius 3 is 2.87 bits per heavy atom. The lowest BCUT2D eigenvalue weighted by atomic mass is 10.1. The normalized spacial score (nSPS) is 10.9. The number of nitrogens with one attached hydrogen (secondary N) is 1. The van der Waals surface area contributed by atoms with E-state index in [0.29, 0.717) is 5.92 Å². The molecule has 0 aliphatic carbocycles. The van der Waals surface area contributed by atoms with Gasteiger partial charge in [0.15, 0.2) is 0 Å². The van der Waals surface area contributed by atoms with E-state index >= 15 is 0 Å². The third-order valence-corrected chi connectivity index (χ3v) is 2.35. The molecule has 2 rings (SSSR count). The van der Waals surface area contributed by atoms with Crippen molar-refractivity contribution in [3.63, 3.8) is 0 Å². The molecule has 0 unspecified atom stereocenters. The van der Waals surface area contributed by atoms with Gasteiger partial charge in [-0.3, -0.25) is 4.98 Å². The first-order valence-corrected chi connectivity index (χ1v) is 5.35. The largest absolute Gasteiger partial charge is 0.384 e. The van der Waals surface area contributed by atoms with Crippen LogP contribution in [-0.4, -0.2) is 11.5 Å². The molecule has 0 atom stereocenters. The van der Waals surface area contributed by atoms with E-state index in [1.807, 2.05) is 24.4 Å². The predicted molar refractivity (Wildman–Crippen MR) is 65.1 cm³/mol. The molecule has 0 aliphatic heterocycles. The van der Waals surface area contributed by atoms with Gasteiger partial charge < -0.3 is 5.32 Å². The summed E-state index contributed by atoms with van der Waals surface area (Å²) in [5, 5.41) is 4.64. The highest BCUT2D eigenvalue weighted by molar-refractivity contribution is 5.91. The van der Waals surface area contributed by atoms with Crippen molar-refractivity contribution in [1.29, 1.82) is 0 Å². The quantitative estimate of drug-likeness (QED) is 0.822. The van der Waals surface area contributed by atoms with Gasteiger partial charge in [-0.25, -0.2) is 0 Å². The predicted octanol–water partition coefficient (Wildman–Crippen LogP) is 3.30. The summed E-state index contributed by atoms with van der Waals surface area (Å²) in [6, 6.07) is 10.3. The van der Waals surface area contributed by atoms with Crippen LogP contribution < -0.4 is 5.32 Å². The van der Waals surface area contributed by atoms with E-state index in [-0.39, 0.29) is 0 Å². The van der Waals surface area contributed by atoms with Crippen LogP contribution in [0.3, 0.4) is 0 Å². The maximum Gasteiger partial charge on any atom is 0.0722 e. The van der Waals surface area contributed by atoms with Crippen LogP contribution in [0.1, 0.15) is 13.8 Å². The summed E-state index contributed by atoms with van der Waals surface area (Å²) >= 11 is 0. The van der Waals surface area contributed by atoms with Crippen molar-refractivity contribution in [1.82, 2.24) is 4.98 Å². The maximum atomic E-state index is 4.33. The molecule has 0 spiro atoms. The molecule has 0 bridgehead atoms.